The lowest BCUT2D eigenvalue weighted by Crippen LogP contribution is -2.49. The van der Waals surface area contributed by atoms with Gasteiger partial charge >= 0.3 is 0 Å². The normalized spacial score (nSPS) is 15.1. The van der Waals surface area contributed by atoms with E-state index in [0.29, 0.717) is 18.0 Å². The molecule has 1 atom stereocenters. The molecule has 1 unspecified atom stereocenters. The molecule has 1 aromatic heterocycles. The number of nitrogens with one attached hydrogen (secondary N) is 1. The summed E-state index contributed by atoms with van der Waals surface area (Å²) in [5.74, 6) is 0.662. The van der Waals surface area contributed by atoms with Gasteiger partial charge in [0.25, 0.3) is 5.56 Å². The maximum absolute atomic E-state index is 11.8. The van der Waals surface area contributed by atoms with Crippen LogP contribution in [0, 0.1) is 25.2 Å². The maximum Gasteiger partial charge on any atom is 0.266 e. The SMILES string of the molecule is Cc1ccccc1N1CCN(CC(O)COc2ccc(-c3cc(C#N)c(=O)[nH]c3C)cc2)CC1. The van der Waals surface area contributed by atoms with E-state index < -0.39 is 6.10 Å². The van der Waals surface area contributed by atoms with Crippen LogP contribution in [0.5, 0.6) is 5.75 Å². The maximum atomic E-state index is 11.8. The van der Waals surface area contributed by atoms with Gasteiger partial charge in [0.15, 0.2) is 0 Å². The second-order valence-corrected chi connectivity index (χ2v) is 8.73. The number of aromatic amines is 1. The minimum absolute atomic E-state index is 0.0868. The fourth-order valence-electron chi connectivity index (χ4n) is 4.37. The van der Waals surface area contributed by atoms with Crippen LogP contribution < -0.4 is 15.2 Å². The van der Waals surface area contributed by atoms with Gasteiger partial charge in [-0.05, 0) is 49.2 Å². The van der Waals surface area contributed by atoms with Crippen LogP contribution >= 0.6 is 0 Å². The highest BCUT2D eigenvalue weighted by molar-refractivity contribution is 5.67. The molecule has 0 aliphatic carbocycles. The van der Waals surface area contributed by atoms with Crippen LogP contribution in [0.25, 0.3) is 11.1 Å². The zero-order valence-electron chi connectivity index (χ0n) is 19.6. The van der Waals surface area contributed by atoms with E-state index in [9.17, 15) is 9.90 Å². The van der Waals surface area contributed by atoms with Crippen molar-refractivity contribution < 1.29 is 9.84 Å². The van der Waals surface area contributed by atoms with Crippen LogP contribution in [0.1, 0.15) is 16.8 Å². The summed E-state index contributed by atoms with van der Waals surface area (Å²) in [4.78, 5) is 19.2. The molecule has 2 aromatic carbocycles. The Balaban J connectivity index is 1.27. The minimum Gasteiger partial charge on any atom is -0.491 e. The Hall–Kier alpha value is -3.60. The predicted molar refractivity (Wildman–Crippen MR) is 133 cm³/mol. The number of rotatable bonds is 7. The molecule has 4 rings (SSSR count). The molecule has 176 valence electrons. The fraction of sp³-hybridized carbons (Fsp3) is 0.333. The summed E-state index contributed by atoms with van der Waals surface area (Å²) in [6.07, 6.45) is -0.579. The van der Waals surface area contributed by atoms with Gasteiger partial charge in [-0.2, -0.15) is 5.26 Å². The first-order chi connectivity index (χ1) is 16.4. The van der Waals surface area contributed by atoms with Crippen molar-refractivity contribution in [3.05, 3.63) is 81.8 Å². The second-order valence-electron chi connectivity index (χ2n) is 8.73. The van der Waals surface area contributed by atoms with Crippen molar-refractivity contribution in [2.24, 2.45) is 0 Å². The number of H-pyrrole nitrogens is 1. The Bertz CT molecular complexity index is 1220. The molecule has 1 aliphatic heterocycles. The lowest BCUT2D eigenvalue weighted by molar-refractivity contribution is 0.0663. The number of nitrogens with zero attached hydrogens (tertiary/aromatic N) is 3. The quantitative estimate of drug-likeness (QED) is 0.565. The van der Waals surface area contributed by atoms with Gasteiger partial charge in [0, 0.05) is 49.7 Å². The number of pyridine rings is 1. The van der Waals surface area contributed by atoms with E-state index in [1.807, 2.05) is 30.3 Å². The van der Waals surface area contributed by atoms with Crippen LogP contribution in [0.2, 0.25) is 0 Å². The van der Waals surface area contributed by atoms with E-state index in [1.165, 1.54) is 11.3 Å². The summed E-state index contributed by atoms with van der Waals surface area (Å²) >= 11 is 0. The largest absolute Gasteiger partial charge is 0.491 e. The van der Waals surface area contributed by atoms with Crippen molar-refractivity contribution in [2.45, 2.75) is 20.0 Å². The third-order valence-electron chi connectivity index (χ3n) is 6.26. The molecule has 0 amide bonds. The summed E-state index contributed by atoms with van der Waals surface area (Å²) in [6, 6.07) is 19.4. The first-order valence-electron chi connectivity index (χ1n) is 11.5. The Kier molecular flexibility index (Phi) is 7.31. The Morgan fingerprint density at radius 1 is 1.09 bits per heavy atom. The molecule has 0 spiro atoms. The molecule has 7 nitrogen and oxygen atoms in total. The summed E-state index contributed by atoms with van der Waals surface area (Å²) in [7, 11) is 0. The van der Waals surface area contributed by atoms with Gasteiger partial charge in [0.2, 0.25) is 0 Å². The number of para-hydroxylation sites is 1. The van der Waals surface area contributed by atoms with Crippen LogP contribution in [0.15, 0.2) is 59.4 Å². The zero-order chi connectivity index (χ0) is 24.1. The standard InChI is InChI=1S/C27H30N4O3/c1-19-5-3-4-6-26(19)31-13-11-30(12-14-31)17-23(32)18-34-24-9-7-21(8-10-24)25-15-22(16-28)27(33)29-20(25)2/h3-10,15,23,32H,11-14,17-18H2,1-2H3,(H,29,33). The number of piperazine rings is 1. The van der Waals surface area contributed by atoms with Crippen molar-refractivity contribution in [3.8, 4) is 22.9 Å². The van der Waals surface area contributed by atoms with E-state index in [1.54, 1.807) is 13.0 Å². The second kappa shape index (κ2) is 10.6. The number of hydrogen-bond donors (Lipinski definition) is 2. The van der Waals surface area contributed by atoms with Gasteiger partial charge < -0.3 is 19.7 Å². The number of anilines is 1. The molecule has 1 saturated heterocycles. The molecule has 7 heteroatoms. The number of aromatic nitrogens is 1. The molecule has 2 N–H and O–H groups in total. The predicted octanol–water partition coefficient (Wildman–Crippen LogP) is 3.09. The Morgan fingerprint density at radius 2 is 1.79 bits per heavy atom. The number of hydrogen-bond acceptors (Lipinski definition) is 6. The number of β-amino-alcohol motifs (C(OH)–C–C–N with tert-alkyl or cyclic N) is 1. The number of aryl methyl sites for hydroxylation is 2. The molecule has 1 aliphatic rings. The van der Waals surface area contributed by atoms with Crippen LogP contribution in [-0.4, -0.2) is 60.4 Å². The van der Waals surface area contributed by atoms with Crippen LogP contribution in [0.3, 0.4) is 0 Å². The van der Waals surface area contributed by atoms with Gasteiger partial charge in [-0.1, -0.05) is 30.3 Å². The van der Waals surface area contributed by atoms with Crippen molar-refractivity contribution in [1.82, 2.24) is 9.88 Å². The molecular weight excluding hydrogens is 428 g/mol. The van der Waals surface area contributed by atoms with Crippen LogP contribution in [0.4, 0.5) is 5.69 Å². The van der Waals surface area contributed by atoms with Crippen molar-refractivity contribution >= 4 is 5.69 Å². The smallest absolute Gasteiger partial charge is 0.266 e. The van der Waals surface area contributed by atoms with Crippen molar-refractivity contribution in [2.75, 3.05) is 44.2 Å². The van der Waals surface area contributed by atoms with Crippen LogP contribution in [-0.2, 0) is 0 Å². The molecule has 34 heavy (non-hydrogen) atoms. The third-order valence-corrected chi connectivity index (χ3v) is 6.26. The summed E-state index contributed by atoms with van der Waals surface area (Å²) in [5.41, 5.74) is 4.66. The molecule has 0 bridgehead atoms. The highest BCUT2D eigenvalue weighted by Gasteiger charge is 2.20. The van der Waals surface area contributed by atoms with Gasteiger partial charge in [-0.15, -0.1) is 0 Å². The van der Waals surface area contributed by atoms with E-state index in [4.69, 9.17) is 10.00 Å². The lowest BCUT2D eigenvalue weighted by Gasteiger charge is -2.37. The molecule has 1 fully saturated rings. The Morgan fingerprint density at radius 3 is 2.47 bits per heavy atom. The zero-order valence-corrected chi connectivity index (χ0v) is 19.6. The van der Waals surface area contributed by atoms with Gasteiger partial charge in [0.1, 0.15) is 30.1 Å². The number of ether oxygens (including phenoxy) is 1. The topological polar surface area (TPSA) is 92.6 Å². The Labute approximate surface area is 199 Å². The molecule has 2 heterocycles. The summed E-state index contributed by atoms with van der Waals surface area (Å²) < 4.78 is 5.80. The number of aliphatic hydroxyl groups excluding tert-OH is 1. The first kappa shape index (κ1) is 23.6. The number of benzene rings is 2. The highest BCUT2D eigenvalue weighted by Crippen LogP contribution is 2.25. The first-order valence-corrected chi connectivity index (χ1v) is 11.5. The van der Waals surface area contributed by atoms with Crippen molar-refractivity contribution in [3.63, 3.8) is 0 Å². The third kappa shape index (κ3) is 5.48. The van der Waals surface area contributed by atoms with E-state index in [2.05, 4.69) is 46.0 Å². The number of aliphatic hydroxyl groups is 1. The van der Waals surface area contributed by atoms with E-state index >= 15 is 0 Å². The average molecular weight is 459 g/mol. The van der Waals surface area contributed by atoms with Gasteiger partial charge in [-0.25, -0.2) is 0 Å². The molecule has 0 radical (unpaired) electrons. The summed E-state index contributed by atoms with van der Waals surface area (Å²) in [5, 5.41) is 19.6. The van der Waals surface area contributed by atoms with E-state index in [0.717, 1.165) is 37.3 Å². The molecule has 0 saturated carbocycles. The number of nitriles is 1. The molecular formula is C27H30N4O3. The fourth-order valence-corrected chi connectivity index (χ4v) is 4.37. The highest BCUT2D eigenvalue weighted by atomic mass is 16.5. The van der Waals surface area contributed by atoms with E-state index in [-0.39, 0.29) is 17.7 Å². The lowest BCUT2D eigenvalue weighted by atomic mass is 10.0. The average Bonchev–Trinajstić information content (AvgIpc) is 2.84. The summed E-state index contributed by atoms with van der Waals surface area (Å²) in [6.45, 7) is 8.43. The van der Waals surface area contributed by atoms with Gasteiger partial charge in [0.05, 0.1) is 0 Å². The van der Waals surface area contributed by atoms with Crippen molar-refractivity contribution in [1.29, 1.82) is 5.26 Å². The minimum atomic E-state index is -0.579. The molecule has 3 aromatic rings. The monoisotopic (exact) mass is 458 g/mol. The van der Waals surface area contributed by atoms with Gasteiger partial charge in [-0.3, -0.25) is 9.69 Å².